The molecule has 2 heterocycles. The lowest BCUT2D eigenvalue weighted by Gasteiger charge is -2.18. The van der Waals surface area contributed by atoms with E-state index >= 15 is 0 Å². The number of ketones is 1. The lowest BCUT2D eigenvalue weighted by molar-refractivity contribution is -0.112. The third-order valence-electron chi connectivity index (χ3n) is 6.59. The summed E-state index contributed by atoms with van der Waals surface area (Å²) in [7, 11) is -3.83. The molecule has 0 bridgehead atoms. The minimum absolute atomic E-state index is 0.132. The fourth-order valence-electron chi connectivity index (χ4n) is 4.64. The molecule has 3 aromatic carbocycles. The number of carbonyl (C=O) groups excluding carboxylic acids is 1. The van der Waals surface area contributed by atoms with Gasteiger partial charge in [-0.3, -0.25) is 9.89 Å². The normalized spacial score (nSPS) is 12.6. The van der Waals surface area contributed by atoms with Crippen LogP contribution in [0.15, 0.2) is 102 Å². The zero-order chi connectivity index (χ0) is 29.0. The van der Waals surface area contributed by atoms with Gasteiger partial charge < -0.3 is 0 Å². The highest BCUT2D eigenvalue weighted by Gasteiger charge is 2.19. The first-order valence-corrected chi connectivity index (χ1v) is 14.9. The maximum atomic E-state index is 13.9. The molecule has 0 aliphatic heterocycles. The summed E-state index contributed by atoms with van der Waals surface area (Å²) in [4.78, 5) is 16.3. The van der Waals surface area contributed by atoms with E-state index < -0.39 is 27.2 Å². The van der Waals surface area contributed by atoms with Gasteiger partial charge in [-0.25, -0.2) is 17.8 Å². The Kier molecular flexibility index (Phi) is 8.23. The molecule has 0 amide bonds. The Morgan fingerprint density at radius 1 is 1.00 bits per heavy atom. The molecule has 206 valence electrons. The first-order chi connectivity index (χ1) is 19.7. The predicted molar refractivity (Wildman–Crippen MR) is 160 cm³/mol. The van der Waals surface area contributed by atoms with Gasteiger partial charge in [-0.2, -0.15) is 5.10 Å². The number of carbonyl (C=O) groups is 1. The maximum absolute atomic E-state index is 13.9. The number of benzene rings is 3. The van der Waals surface area contributed by atoms with Crippen LogP contribution in [0.1, 0.15) is 35.6 Å². The molecule has 0 fully saturated rings. The van der Waals surface area contributed by atoms with Crippen LogP contribution in [0.3, 0.4) is 0 Å². The van der Waals surface area contributed by atoms with Crippen LogP contribution >= 0.6 is 11.6 Å². The monoisotopic (exact) mass is 585 g/mol. The van der Waals surface area contributed by atoms with Crippen molar-refractivity contribution in [2.75, 3.05) is 5.75 Å². The van der Waals surface area contributed by atoms with Crippen LogP contribution in [0, 0.1) is 5.82 Å². The topological polar surface area (TPSA) is 92.8 Å². The first kappa shape index (κ1) is 28.1. The molecular weight excluding hydrogens is 561 g/mol. The van der Waals surface area contributed by atoms with Crippen molar-refractivity contribution in [2.45, 2.75) is 18.4 Å². The maximum Gasteiger partial charge on any atom is 0.203 e. The molecule has 0 aliphatic carbocycles. The fraction of sp³-hybridized carbons (Fsp3) is 0.0938. The third kappa shape index (κ3) is 6.34. The molecule has 1 N–H and O–H groups in total. The minimum atomic E-state index is -3.83. The Morgan fingerprint density at radius 2 is 1.78 bits per heavy atom. The number of sulfone groups is 1. The highest BCUT2D eigenvalue weighted by molar-refractivity contribution is 7.92. The van der Waals surface area contributed by atoms with Gasteiger partial charge in [-0.15, -0.1) is 0 Å². The zero-order valence-corrected chi connectivity index (χ0v) is 23.6. The van der Waals surface area contributed by atoms with Gasteiger partial charge in [0.25, 0.3) is 0 Å². The van der Waals surface area contributed by atoms with Crippen molar-refractivity contribution in [3.05, 3.63) is 130 Å². The van der Waals surface area contributed by atoms with Crippen LogP contribution in [0.25, 0.3) is 28.1 Å². The Balaban J connectivity index is 1.49. The van der Waals surface area contributed by atoms with E-state index in [0.29, 0.717) is 11.4 Å². The van der Waals surface area contributed by atoms with Crippen molar-refractivity contribution in [3.8, 4) is 0 Å². The van der Waals surface area contributed by atoms with Crippen LogP contribution in [-0.4, -0.2) is 35.1 Å². The molecule has 6 nitrogen and oxygen atoms in total. The van der Waals surface area contributed by atoms with Gasteiger partial charge in [0.15, 0.2) is 10.8 Å². The molecule has 0 spiro atoms. The SMILES string of the molecule is CC/C(=C(/c1ccc(/C=C/C(=O)CS(=O)(=O)c2ccccn2)cc1)c1ccc2[nH]ncc2c1)c1ccc(F)cc1Cl. The Hall–Kier alpha value is -4.40. The van der Waals surface area contributed by atoms with E-state index in [1.54, 1.807) is 30.5 Å². The van der Waals surface area contributed by atoms with E-state index in [4.69, 9.17) is 11.6 Å². The summed E-state index contributed by atoms with van der Waals surface area (Å²) in [5.41, 5.74) is 6.07. The molecule has 0 atom stereocenters. The smallest absolute Gasteiger partial charge is 0.203 e. The average Bonchev–Trinajstić information content (AvgIpc) is 3.44. The number of fused-ring (bicyclic) bond motifs is 1. The van der Waals surface area contributed by atoms with E-state index in [2.05, 4.69) is 15.2 Å². The highest BCUT2D eigenvalue weighted by Crippen LogP contribution is 2.38. The highest BCUT2D eigenvalue weighted by atomic mass is 35.5. The largest absolute Gasteiger partial charge is 0.294 e. The Labute approximate surface area is 242 Å². The number of hydrogen-bond acceptors (Lipinski definition) is 5. The zero-order valence-electron chi connectivity index (χ0n) is 22.0. The van der Waals surface area contributed by atoms with Gasteiger partial charge in [0, 0.05) is 11.6 Å². The van der Waals surface area contributed by atoms with Crippen LogP contribution in [0.4, 0.5) is 4.39 Å². The summed E-state index contributed by atoms with van der Waals surface area (Å²) in [6, 6.07) is 22.5. The quantitative estimate of drug-likeness (QED) is 0.146. The molecule has 5 aromatic rings. The van der Waals surface area contributed by atoms with E-state index in [1.807, 2.05) is 49.4 Å². The molecule has 41 heavy (non-hydrogen) atoms. The number of halogens is 2. The summed E-state index contributed by atoms with van der Waals surface area (Å²) < 4.78 is 38.8. The summed E-state index contributed by atoms with van der Waals surface area (Å²) in [6.07, 6.45) is 6.60. The van der Waals surface area contributed by atoms with Gasteiger partial charge in [0.1, 0.15) is 11.6 Å². The van der Waals surface area contributed by atoms with Crippen molar-refractivity contribution in [1.82, 2.24) is 15.2 Å². The lowest BCUT2D eigenvalue weighted by Crippen LogP contribution is -2.15. The van der Waals surface area contributed by atoms with Gasteiger partial charge >= 0.3 is 0 Å². The molecule has 5 rings (SSSR count). The molecule has 0 saturated heterocycles. The number of nitrogens with one attached hydrogen (secondary N) is 1. The second-order valence-corrected chi connectivity index (χ2v) is 11.7. The van der Waals surface area contributed by atoms with Crippen LogP contribution in [0.5, 0.6) is 0 Å². The number of hydrogen-bond donors (Lipinski definition) is 1. The Morgan fingerprint density at radius 3 is 2.49 bits per heavy atom. The Bertz CT molecular complexity index is 1900. The second-order valence-electron chi connectivity index (χ2n) is 9.35. The van der Waals surface area contributed by atoms with Crippen LogP contribution in [-0.2, 0) is 14.6 Å². The lowest BCUT2D eigenvalue weighted by atomic mass is 9.87. The summed E-state index contributed by atoms with van der Waals surface area (Å²) >= 11 is 6.50. The number of H-pyrrole nitrogens is 1. The number of aromatic amines is 1. The number of allylic oxidation sites excluding steroid dienone is 2. The fourth-order valence-corrected chi connectivity index (χ4v) is 6.05. The predicted octanol–water partition coefficient (Wildman–Crippen LogP) is 7.18. The van der Waals surface area contributed by atoms with Crippen molar-refractivity contribution in [1.29, 1.82) is 0 Å². The van der Waals surface area contributed by atoms with Gasteiger partial charge in [-0.05, 0) is 82.3 Å². The van der Waals surface area contributed by atoms with Crippen LogP contribution in [0.2, 0.25) is 5.02 Å². The number of aromatic nitrogens is 3. The van der Waals surface area contributed by atoms with Gasteiger partial charge in [-0.1, -0.05) is 67.1 Å². The first-order valence-electron chi connectivity index (χ1n) is 12.8. The average molecular weight is 586 g/mol. The molecule has 9 heteroatoms. The van der Waals surface area contributed by atoms with Gasteiger partial charge in [0.05, 0.1) is 16.7 Å². The molecular formula is C32H25ClFN3O3S. The van der Waals surface area contributed by atoms with E-state index in [1.165, 1.54) is 30.5 Å². The standard InChI is InChI=1S/C32H25ClFN3O3S/c1-2-27(28-14-12-25(34)18-29(28)33)32(23-11-15-30-24(17-23)19-36-37-30)22-9-6-21(7-10-22)8-13-26(38)20-41(39,40)31-5-3-4-16-35-31/h3-19H,2,20H2,1H3,(H,36,37)/b13-8+,32-27+. The van der Waals surface area contributed by atoms with E-state index in [9.17, 15) is 17.6 Å². The second kappa shape index (κ2) is 12.0. The number of pyridine rings is 1. The molecule has 2 aromatic heterocycles. The van der Waals surface area contributed by atoms with Crippen molar-refractivity contribution in [3.63, 3.8) is 0 Å². The third-order valence-corrected chi connectivity index (χ3v) is 8.45. The number of nitrogens with zero attached hydrogens (tertiary/aromatic N) is 2. The van der Waals surface area contributed by atoms with Crippen molar-refractivity contribution >= 4 is 55.3 Å². The van der Waals surface area contributed by atoms with Crippen molar-refractivity contribution in [2.24, 2.45) is 0 Å². The summed E-state index contributed by atoms with van der Waals surface area (Å²) in [5.74, 6) is -1.62. The molecule has 0 saturated carbocycles. The van der Waals surface area contributed by atoms with Crippen LogP contribution < -0.4 is 0 Å². The van der Waals surface area contributed by atoms with E-state index in [0.717, 1.165) is 44.3 Å². The molecule has 0 radical (unpaired) electrons. The molecule has 0 aliphatic rings. The number of rotatable bonds is 9. The molecule has 0 unspecified atom stereocenters. The summed E-state index contributed by atoms with van der Waals surface area (Å²) in [5, 5.41) is 8.22. The minimum Gasteiger partial charge on any atom is -0.294 e. The summed E-state index contributed by atoms with van der Waals surface area (Å²) in [6.45, 7) is 2.02. The van der Waals surface area contributed by atoms with Gasteiger partial charge in [0.2, 0.25) is 9.84 Å². The van der Waals surface area contributed by atoms with Crippen molar-refractivity contribution < 1.29 is 17.6 Å². The van der Waals surface area contributed by atoms with E-state index in [-0.39, 0.29) is 5.03 Å².